The summed E-state index contributed by atoms with van der Waals surface area (Å²) in [4.78, 5) is 11.8. The van der Waals surface area contributed by atoms with Gasteiger partial charge in [0.15, 0.2) is 5.76 Å². The standard InChI is InChI=1S/C12H20N2O5S/c1-5-12(2,16)8-13-11(15)9-6-7-10(19-9)20(17,18)14(3)4/h6-7,16H,5,8H2,1-4H3,(H,13,15). The van der Waals surface area contributed by atoms with Gasteiger partial charge < -0.3 is 14.8 Å². The minimum absolute atomic E-state index is 0.0544. The zero-order chi connectivity index (χ0) is 15.6. The Morgan fingerprint density at radius 2 is 2.05 bits per heavy atom. The summed E-state index contributed by atoms with van der Waals surface area (Å²) >= 11 is 0. The number of nitrogens with zero attached hydrogens (tertiary/aromatic N) is 1. The number of carbonyl (C=O) groups is 1. The third kappa shape index (κ3) is 3.81. The Hall–Kier alpha value is -1.38. The highest BCUT2D eigenvalue weighted by atomic mass is 32.2. The van der Waals surface area contributed by atoms with E-state index in [1.165, 1.54) is 26.2 Å². The van der Waals surface area contributed by atoms with Crippen molar-refractivity contribution < 1.29 is 22.7 Å². The first-order valence-corrected chi connectivity index (χ1v) is 7.57. The lowest BCUT2D eigenvalue weighted by Crippen LogP contribution is -2.39. The topological polar surface area (TPSA) is 99.8 Å². The molecule has 114 valence electrons. The lowest BCUT2D eigenvalue weighted by molar-refractivity contribution is 0.0510. The number of amides is 1. The molecule has 0 bridgehead atoms. The van der Waals surface area contributed by atoms with Crippen molar-refractivity contribution in [1.82, 2.24) is 9.62 Å². The molecule has 2 N–H and O–H groups in total. The predicted molar refractivity (Wildman–Crippen MR) is 72.8 cm³/mol. The molecule has 0 saturated heterocycles. The molecule has 7 nitrogen and oxygen atoms in total. The van der Waals surface area contributed by atoms with Crippen LogP contribution in [0.4, 0.5) is 0 Å². The van der Waals surface area contributed by atoms with Gasteiger partial charge in [0.25, 0.3) is 15.9 Å². The van der Waals surface area contributed by atoms with Gasteiger partial charge in [-0.3, -0.25) is 4.79 Å². The average Bonchev–Trinajstić information content (AvgIpc) is 2.86. The minimum Gasteiger partial charge on any atom is -0.438 e. The monoisotopic (exact) mass is 304 g/mol. The summed E-state index contributed by atoms with van der Waals surface area (Å²) in [6.07, 6.45) is 0.478. The van der Waals surface area contributed by atoms with Crippen LogP contribution in [0.1, 0.15) is 30.8 Å². The Morgan fingerprint density at radius 3 is 2.55 bits per heavy atom. The van der Waals surface area contributed by atoms with Crippen LogP contribution in [-0.4, -0.2) is 50.0 Å². The van der Waals surface area contributed by atoms with Crippen LogP contribution in [0.15, 0.2) is 21.6 Å². The van der Waals surface area contributed by atoms with E-state index in [4.69, 9.17) is 4.42 Å². The summed E-state index contributed by atoms with van der Waals surface area (Å²) in [7, 11) is -0.958. The van der Waals surface area contributed by atoms with Gasteiger partial charge in [-0.2, -0.15) is 0 Å². The van der Waals surface area contributed by atoms with Crippen LogP contribution >= 0.6 is 0 Å². The zero-order valence-electron chi connectivity index (χ0n) is 12.0. The fourth-order valence-corrected chi connectivity index (χ4v) is 2.04. The first-order chi connectivity index (χ1) is 9.10. The van der Waals surface area contributed by atoms with Gasteiger partial charge in [-0.25, -0.2) is 12.7 Å². The van der Waals surface area contributed by atoms with E-state index in [0.29, 0.717) is 6.42 Å². The quantitative estimate of drug-likeness (QED) is 0.793. The van der Waals surface area contributed by atoms with Gasteiger partial charge in [-0.1, -0.05) is 6.92 Å². The molecule has 0 saturated carbocycles. The fourth-order valence-electron chi connectivity index (χ4n) is 1.24. The molecule has 1 aromatic heterocycles. The smallest absolute Gasteiger partial charge is 0.287 e. The summed E-state index contributed by atoms with van der Waals surface area (Å²) < 4.78 is 29.6. The number of sulfonamides is 1. The second-order valence-electron chi connectivity index (χ2n) is 4.94. The maximum atomic E-state index is 11.8. The molecule has 1 rings (SSSR count). The predicted octanol–water partition coefficient (Wildman–Crippen LogP) is 0.421. The lowest BCUT2D eigenvalue weighted by atomic mass is 10.0. The van der Waals surface area contributed by atoms with Crippen LogP contribution in [0.2, 0.25) is 0 Å². The SMILES string of the molecule is CCC(C)(O)CNC(=O)c1ccc(S(=O)(=O)N(C)C)o1. The molecule has 1 aromatic rings. The van der Waals surface area contributed by atoms with Crippen molar-refractivity contribution in [3.05, 3.63) is 17.9 Å². The minimum atomic E-state index is -3.70. The maximum Gasteiger partial charge on any atom is 0.287 e. The van der Waals surface area contributed by atoms with E-state index in [9.17, 15) is 18.3 Å². The number of furan rings is 1. The highest BCUT2D eigenvalue weighted by molar-refractivity contribution is 7.88. The van der Waals surface area contributed by atoms with Gasteiger partial charge in [0.2, 0.25) is 5.09 Å². The molecule has 1 unspecified atom stereocenters. The molecule has 0 spiro atoms. The summed E-state index contributed by atoms with van der Waals surface area (Å²) in [6, 6.07) is 2.51. The number of hydrogen-bond donors (Lipinski definition) is 2. The number of carbonyl (C=O) groups excluding carboxylic acids is 1. The van der Waals surface area contributed by atoms with Gasteiger partial charge >= 0.3 is 0 Å². The van der Waals surface area contributed by atoms with Crippen molar-refractivity contribution in [2.24, 2.45) is 0 Å². The lowest BCUT2D eigenvalue weighted by Gasteiger charge is -2.21. The van der Waals surface area contributed by atoms with Crippen molar-refractivity contribution >= 4 is 15.9 Å². The molecule has 20 heavy (non-hydrogen) atoms. The Labute approximate surface area is 118 Å². The Kier molecular flexibility index (Phi) is 4.95. The molecule has 0 radical (unpaired) electrons. The molecule has 8 heteroatoms. The van der Waals surface area contributed by atoms with Crippen molar-refractivity contribution in [2.45, 2.75) is 31.0 Å². The maximum absolute atomic E-state index is 11.8. The Bertz CT molecular complexity index is 574. The van der Waals surface area contributed by atoms with Gasteiger partial charge in [-0.15, -0.1) is 0 Å². The van der Waals surface area contributed by atoms with Crippen LogP contribution in [0.5, 0.6) is 0 Å². The summed E-state index contributed by atoms with van der Waals surface area (Å²) in [5.74, 6) is -0.684. The van der Waals surface area contributed by atoms with E-state index in [0.717, 1.165) is 4.31 Å². The molecule has 1 heterocycles. The molecule has 0 aliphatic carbocycles. The second-order valence-corrected chi connectivity index (χ2v) is 7.02. The first kappa shape index (κ1) is 16.7. The van der Waals surface area contributed by atoms with Crippen molar-refractivity contribution in [3.8, 4) is 0 Å². The van der Waals surface area contributed by atoms with E-state index in [-0.39, 0.29) is 17.4 Å². The van der Waals surface area contributed by atoms with Crippen LogP contribution in [0.25, 0.3) is 0 Å². The van der Waals surface area contributed by atoms with E-state index in [1.807, 2.05) is 0 Å². The van der Waals surface area contributed by atoms with Crippen molar-refractivity contribution in [2.75, 3.05) is 20.6 Å². The van der Waals surface area contributed by atoms with Gasteiger partial charge in [0.1, 0.15) is 0 Å². The van der Waals surface area contributed by atoms with Crippen molar-refractivity contribution in [3.63, 3.8) is 0 Å². The highest BCUT2D eigenvalue weighted by Crippen LogP contribution is 2.17. The first-order valence-electron chi connectivity index (χ1n) is 6.13. The molecule has 1 amide bonds. The van der Waals surface area contributed by atoms with Gasteiger partial charge in [0, 0.05) is 20.6 Å². The fraction of sp³-hybridized carbons (Fsp3) is 0.583. The molecule has 0 aromatic carbocycles. The molecule has 0 aliphatic rings. The van der Waals surface area contributed by atoms with E-state index in [2.05, 4.69) is 5.32 Å². The van der Waals surface area contributed by atoms with E-state index >= 15 is 0 Å². The van der Waals surface area contributed by atoms with Crippen LogP contribution in [-0.2, 0) is 10.0 Å². The molecule has 1 atom stereocenters. The Balaban J connectivity index is 2.81. The van der Waals surface area contributed by atoms with Crippen LogP contribution < -0.4 is 5.32 Å². The van der Waals surface area contributed by atoms with Crippen molar-refractivity contribution in [1.29, 1.82) is 0 Å². The number of nitrogens with one attached hydrogen (secondary N) is 1. The van der Waals surface area contributed by atoms with Crippen LogP contribution in [0, 0.1) is 0 Å². The summed E-state index contributed by atoms with van der Waals surface area (Å²) in [5, 5.41) is 12.0. The molecular weight excluding hydrogens is 284 g/mol. The molecule has 0 fully saturated rings. The molecule has 0 aliphatic heterocycles. The average molecular weight is 304 g/mol. The Morgan fingerprint density at radius 1 is 1.45 bits per heavy atom. The summed E-state index contributed by atoms with van der Waals surface area (Å²) in [5.41, 5.74) is -1.01. The van der Waals surface area contributed by atoms with Gasteiger partial charge in [0.05, 0.1) is 5.60 Å². The number of rotatable bonds is 6. The van der Waals surface area contributed by atoms with Gasteiger partial charge in [-0.05, 0) is 25.5 Å². The van der Waals surface area contributed by atoms with E-state index < -0.39 is 21.5 Å². The highest BCUT2D eigenvalue weighted by Gasteiger charge is 2.24. The zero-order valence-corrected chi connectivity index (χ0v) is 12.8. The van der Waals surface area contributed by atoms with Crippen LogP contribution in [0.3, 0.4) is 0 Å². The largest absolute Gasteiger partial charge is 0.438 e. The number of aliphatic hydroxyl groups is 1. The normalized spacial score (nSPS) is 15.1. The van der Waals surface area contributed by atoms with E-state index in [1.54, 1.807) is 13.8 Å². The second kappa shape index (κ2) is 5.94. The summed E-state index contributed by atoms with van der Waals surface area (Å²) in [6.45, 7) is 3.44. The molecular formula is C12H20N2O5S. The number of hydrogen-bond acceptors (Lipinski definition) is 5. The third-order valence-corrected chi connectivity index (χ3v) is 4.62. The third-order valence-electron chi connectivity index (χ3n) is 2.93.